The number of hydrogen-bond donors (Lipinski definition) is 0. The highest BCUT2D eigenvalue weighted by Gasteiger charge is 2.36. The molecule has 0 N–H and O–H groups in total. The lowest BCUT2D eigenvalue weighted by Crippen LogP contribution is -2.46. The molecule has 7 heteroatoms. The normalized spacial score (nSPS) is 19.4. The topological polar surface area (TPSA) is 59.6 Å². The summed E-state index contributed by atoms with van der Waals surface area (Å²) >= 11 is 0. The quantitative estimate of drug-likeness (QED) is 0.787. The van der Waals surface area contributed by atoms with E-state index < -0.39 is 11.7 Å². The molecule has 1 fully saturated rings. The van der Waals surface area contributed by atoms with Crippen LogP contribution in [-0.4, -0.2) is 26.4 Å². The van der Waals surface area contributed by atoms with Crippen LogP contribution in [0.3, 0.4) is 0 Å². The first-order valence-electron chi connectivity index (χ1n) is 8.88. The van der Waals surface area contributed by atoms with Gasteiger partial charge in [-0.15, -0.1) is 0 Å². The zero-order chi connectivity index (χ0) is 18.4. The van der Waals surface area contributed by atoms with Crippen molar-refractivity contribution < 1.29 is 4.39 Å². The van der Waals surface area contributed by atoms with Gasteiger partial charge >= 0.3 is 5.69 Å². The van der Waals surface area contributed by atoms with Gasteiger partial charge in [0.25, 0.3) is 5.56 Å². The number of fused-ring (bicyclic) bond motifs is 2. The first-order chi connectivity index (χ1) is 12.5. The summed E-state index contributed by atoms with van der Waals surface area (Å²) in [6.07, 6.45) is 3.87. The van der Waals surface area contributed by atoms with E-state index >= 15 is 0 Å². The van der Waals surface area contributed by atoms with Crippen molar-refractivity contribution >= 4 is 11.7 Å². The Labute approximate surface area is 150 Å². The van der Waals surface area contributed by atoms with E-state index in [1.54, 1.807) is 13.1 Å². The minimum atomic E-state index is -0.434. The SMILES string of the molecule is Cn1c2c(c(=O)n(C)c1=O)[C@@H](c1cccc(F)c1)N1CCCCCC1=N2. The average molecular weight is 356 g/mol. The summed E-state index contributed by atoms with van der Waals surface area (Å²) in [5.41, 5.74) is 0.365. The van der Waals surface area contributed by atoms with Crippen molar-refractivity contribution in [3.8, 4) is 0 Å². The molecule has 2 aromatic rings. The van der Waals surface area contributed by atoms with E-state index in [1.807, 2.05) is 6.07 Å². The minimum Gasteiger partial charge on any atom is -0.348 e. The van der Waals surface area contributed by atoms with E-state index in [4.69, 9.17) is 0 Å². The van der Waals surface area contributed by atoms with Crippen LogP contribution in [0.15, 0.2) is 38.8 Å². The third-order valence-electron chi connectivity index (χ3n) is 5.28. The van der Waals surface area contributed by atoms with Crippen LogP contribution in [0.25, 0.3) is 0 Å². The molecule has 6 nitrogen and oxygen atoms in total. The Bertz CT molecular complexity index is 1020. The number of benzene rings is 1. The van der Waals surface area contributed by atoms with Gasteiger partial charge in [0.1, 0.15) is 17.5 Å². The Kier molecular flexibility index (Phi) is 4.01. The summed E-state index contributed by atoms with van der Waals surface area (Å²) in [5.74, 6) is 0.914. The van der Waals surface area contributed by atoms with Crippen molar-refractivity contribution in [2.24, 2.45) is 19.1 Å². The summed E-state index contributed by atoms with van der Waals surface area (Å²) in [4.78, 5) is 32.1. The maximum atomic E-state index is 13.9. The van der Waals surface area contributed by atoms with Gasteiger partial charge in [-0.2, -0.15) is 0 Å². The van der Waals surface area contributed by atoms with Crippen LogP contribution < -0.4 is 11.2 Å². The molecule has 1 atom stereocenters. The lowest BCUT2D eigenvalue weighted by atomic mass is 9.96. The Balaban J connectivity index is 2.05. The molecule has 0 spiro atoms. The van der Waals surface area contributed by atoms with Crippen LogP contribution in [0.4, 0.5) is 10.2 Å². The van der Waals surface area contributed by atoms with E-state index in [0.29, 0.717) is 16.9 Å². The van der Waals surface area contributed by atoms with Crippen LogP contribution in [0.1, 0.15) is 42.9 Å². The summed E-state index contributed by atoms with van der Waals surface area (Å²) < 4.78 is 16.5. The monoisotopic (exact) mass is 356 g/mol. The molecule has 1 aromatic carbocycles. The van der Waals surface area contributed by atoms with E-state index in [0.717, 1.165) is 42.6 Å². The molecule has 0 bridgehead atoms. The van der Waals surface area contributed by atoms with Gasteiger partial charge in [0, 0.05) is 27.1 Å². The van der Waals surface area contributed by atoms with Crippen LogP contribution in [0.2, 0.25) is 0 Å². The molecule has 0 saturated carbocycles. The predicted octanol–water partition coefficient (Wildman–Crippen LogP) is 2.23. The van der Waals surface area contributed by atoms with Gasteiger partial charge in [-0.1, -0.05) is 18.6 Å². The van der Waals surface area contributed by atoms with Gasteiger partial charge in [0.05, 0.1) is 11.6 Å². The molecule has 4 rings (SSSR count). The van der Waals surface area contributed by atoms with Crippen LogP contribution in [-0.2, 0) is 14.1 Å². The predicted molar refractivity (Wildman–Crippen MR) is 97.4 cm³/mol. The number of hydrogen-bond acceptors (Lipinski definition) is 4. The molecule has 2 aliphatic rings. The van der Waals surface area contributed by atoms with Crippen molar-refractivity contribution in [2.75, 3.05) is 6.54 Å². The lowest BCUT2D eigenvalue weighted by molar-refractivity contribution is 0.341. The summed E-state index contributed by atoms with van der Waals surface area (Å²) in [6.45, 7) is 0.755. The van der Waals surface area contributed by atoms with Gasteiger partial charge in [0.15, 0.2) is 0 Å². The molecule has 0 aliphatic carbocycles. The number of rotatable bonds is 1. The molecular weight excluding hydrogens is 335 g/mol. The maximum absolute atomic E-state index is 13.9. The van der Waals surface area contributed by atoms with Crippen LogP contribution in [0.5, 0.6) is 0 Å². The highest BCUT2D eigenvalue weighted by Crippen LogP contribution is 2.38. The molecule has 0 unspecified atom stereocenters. The molecule has 1 saturated heterocycles. The third kappa shape index (κ3) is 2.50. The smallest absolute Gasteiger partial charge is 0.332 e. The number of halogens is 1. The Morgan fingerprint density at radius 3 is 2.69 bits per heavy atom. The lowest BCUT2D eigenvalue weighted by Gasteiger charge is -2.37. The summed E-state index contributed by atoms with van der Waals surface area (Å²) in [6, 6.07) is 5.91. The number of amidine groups is 1. The fourth-order valence-electron chi connectivity index (χ4n) is 3.95. The second-order valence-electron chi connectivity index (χ2n) is 6.93. The van der Waals surface area contributed by atoms with Crippen molar-refractivity contribution in [2.45, 2.75) is 31.7 Å². The zero-order valence-corrected chi connectivity index (χ0v) is 14.9. The van der Waals surface area contributed by atoms with Crippen molar-refractivity contribution in [1.29, 1.82) is 0 Å². The third-order valence-corrected chi connectivity index (χ3v) is 5.28. The molecule has 3 heterocycles. The summed E-state index contributed by atoms with van der Waals surface area (Å²) in [5, 5.41) is 0. The first-order valence-corrected chi connectivity index (χ1v) is 8.88. The zero-order valence-electron chi connectivity index (χ0n) is 14.9. The van der Waals surface area contributed by atoms with Gasteiger partial charge < -0.3 is 4.90 Å². The first kappa shape index (κ1) is 16.8. The molecule has 2 aliphatic heterocycles. The number of nitrogens with zero attached hydrogens (tertiary/aromatic N) is 4. The van der Waals surface area contributed by atoms with Crippen molar-refractivity contribution in [1.82, 2.24) is 14.0 Å². The van der Waals surface area contributed by atoms with E-state index in [-0.39, 0.29) is 11.4 Å². The Hall–Kier alpha value is -2.70. The molecule has 26 heavy (non-hydrogen) atoms. The highest BCUT2D eigenvalue weighted by molar-refractivity contribution is 5.88. The van der Waals surface area contributed by atoms with Gasteiger partial charge in [0.2, 0.25) is 0 Å². The second kappa shape index (κ2) is 6.23. The molecule has 1 aromatic heterocycles. The standard InChI is InChI=1S/C19H21FN4O2/c1-22-17-15(18(25)23(2)19(22)26)16(12-7-6-8-13(20)11-12)24-10-5-3-4-9-14(24)21-17/h6-8,11,16H,3-5,9-10H2,1-2H3/t16-/m1/s1. The van der Waals surface area contributed by atoms with E-state index in [9.17, 15) is 14.0 Å². The van der Waals surface area contributed by atoms with E-state index in [1.165, 1.54) is 23.7 Å². The van der Waals surface area contributed by atoms with Gasteiger partial charge in [-0.25, -0.2) is 14.2 Å². The molecule has 136 valence electrons. The Morgan fingerprint density at radius 2 is 1.92 bits per heavy atom. The van der Waals surface area contributed by atoms with E-state index in [2.05, 4.69) is 9.89 Å². The average Bonchev–Trinajstić information content (AvgIpc) is 2.88. The number of aromatic nitrogens is 2. The van der Waals surface area contributed by atoms with Crippen LogP contribution in [0, 0.1) is 5.82 Å². The second-order valence-corrected chi connectivity index (χ2v) is 6.93. The van der Waals surface area contributed by atoms with Crippen LogP contribution >= 0.6 is 0 Å². The fourth-order valence-corrected chi connectivity index (χ4v) is 3.95. The fraction of sp³-hybridized carbons (Fsp3) is 0.421. The van der Waals surface area contributed by atoms with Gasteiger partial charge in [-0.05, 0) is 30.5 Å². The van der Waals surface area contributed by atoms with Gasteiger partial charge in [-0.3, -0.25) is 13.9 Å². The number of aliphatic imine (C=N–C) groups is 1. The van der Waals surface area contributed by atoms with Crippen molar-refractivity contribution in [3.63, 3.8) is 0 Å². The summed E-state index contributed by atoms with van der Waals surface area (Å²) in [7, 11) is 3.09. The van der Waals surface area contributed by atoms with Crippen molar-refractivity contribution in [3.05, 3.63) is 62.0 Å². The highest BCUT2D eigenvalue weighted by atomic mass is 19.1. The Morgan fingerprint density at radius 1 is 1.12 bits per heavy atom. The largest absolute Gasteiger partial charge is 0.348 e. The molecule has 0 radical (unpaired) electrons. The maximum Gasteiger partial charge on any atom is 0.332 e. The minimum absolute atomic E-state index is 0.343. The molecular formula is C19H21FN4O2. The molecule has 0 amide bonds.